The highest BCUT2D eigenvalue weighted by molar-refractivity contribution is 6.00. The Hall–Kier alpha value is -3.82. The molecule has 3 N–H and O–H groups in total. The van der Waals surface area contributed by atoms with Gasteiger partial charge in [0.15, 0.2) is 0 Å². The molecule has 3 aromatic carbocycles. The largest absolute Gasteiger partial charge is 0.342 e. The first-order valence-corrected chi connectivity index (χ1v) is 12.4. The van der Waals surface area contributed by atoms with Crippen LogP contribution in [0.2, 0.25) is 0 Å². The van der Waals surface area contributed by atoms with Gasteiger partial charge in [0.2, 0.25) is 11.8 Å². The summed E-state index contributed by atoms with van der Waals surface area (Å²) in [5.74, 6) is -3.90. The smallest absolute Gasteiger partial charge is 0.252 e. The normalized spacial score (nSPS) is 16.3. The molecule has 0 fully saturated rings. The van der Waals surface area contributed by atoms with Gasteiger partial charge < -0.3 is 20.9 Å². The predicted molar refractivity (Wildman–Crippen MR) is 147 cm³/mol. The summed E-state index contributed by atoms with van der Waals surface area (Å²) in [6.45, 7) is 3.60. The molecule has 4 atom stereocenters. The van der Waals surface area contributed by atoms with E-state index in [9.17, 15) is 23.2 Å². The number of carbonyl (C=O) groups is 3. The molecule has 10 heteroatoms. The molecular weight excluding hydrogens is 526 g/mol. The number of benzene rings is 3. The number of carbonyl (C=O) groups excluding carboxylic acids is 3. The van der Waals surface area contributed by atoms with Gasteiger partial charge in [-0.05, 0) is 42.8 Å². The molecule has 0 aromatic heterocycles. The Kier molecular flexibility index (Phi) is 9.77. The van der Waals surface area contributed by atoms with E-state index in [1.165, 1.54) is 11.0 Å². The molecule has 3 aromatic rings. The zero-order valence-corrected chi connectivity index (χ0v) is 22.6. The first-order chi connectivity index (χ1) is 18.2. The zero-order valence-electron chi connectivity index (χ0n) is 21.8. The lowest BCUT2D eigenvalue weighted by Gasteiger charge is -2.32. The van der Waals surface area contributed by atoms with Crippen LogP contribution in [-0.4, -0.2) is 41.8 Å². The third kappa shape index (κ3) is 6.26. The maximum Gasteiger partial charge on any atom is 0.252 e. The van der Waals surface area contributed by atoms with Crippen LogP contribution in [-0.2, 0) is 20.9 Å². The number of anilines is 1. The highest BCUT2D eigenvalue weighted by atomic mass is 35.5. The van der Waals surface area contributed by atoms with Gasteiger partial charge in [0.25, 0.3) is 5.91 Å². The van der Waals surface area contributed by atoms with Crippen molar-refractivity contribution in [2.45, 2.75) is 44.4 Å². The number of rotatable bonds is 8. The fraction of sp³-hybridized carbons (Fsp3) is 0.276. The Morgan fingerprint density at radius 2 is 1.51 bits per heavy atom. The van der Waals surface area contributed by atoms with Crippen LogP contribution in [0.3, 0.4) is 0 Å². The molecule has 0 bridgehead atoms. The lowest BCUT2D eigenvalue weighted by Crippen LogP contribution is -2.54. The third-order valence-corrected chi connectivity index (χ3v) is 6.96. The van der Waals surface area contributed by atoms with E-state index >= 15 is 0 Å². The molecular formula is C29H31ClF2N4O3. The van der Waals surface area contributed by atoms with Crippen LogP contribution in [0.5, 0.6) is 0 Å². The highest BCUT2D eigenvalue weighted by Crippen LogP contribution is 2.36. The van der Waals surface area contributed by atoms with Crippen LogP contribution >= 0.6 is 12.4 Å². The minimum Gasteiger partial charge on any atom is -0.342 e. The van der Waals surface area contributed by atoms with E-state index in [0.717, 1.165) is 23.3 Å². The molecule has 1 unspecified atom stereocenters. The van der Waals surface area contributed by atoms with Gasteiger partial charge in [0.1, 0.15) is 29.4 Å². The van der Waals surface area contributed by atoms with E-state index in [1.807, 2.05) is 37.3 Å². The summed E-state index contributed by atoms with van der Waals surface area (Å²) in [6.07, 6.45) is 0. The quantitative estimate of drug-likeness (QED) is 0.386. The zero-order chi connectivity index (χ0) is 27.4. The van der Waals surface area contributed by atoms with Gasteiger partial charge in [0.05, 0.1) is 6.04 Å². The molecule has 206 valence electrons. The maximum absolute atomic E-state index is 14.3. The van der Waals surface area contributed by atoms with Gasteiger partial charge in [-0.15, -0.1) is 12.4 Å². The van der Waals surface area contributed by atoms with Crippen molar-refractivity contribution in [3.8, 4) is 0 Å². The first kappa shape index (κ1) is 29.7. The molecule has 0 saturated carbocycles. The Labute approximate surface area is 232 Å². The number of hydrogen-bond donors (Lipinski definition) is 3. The van der Waals surface area contributed by atoms with E-state index < -0.39 is 53.2 Å². The Morgan fingerprint density at radius 1 is 0.897 bits per heavy atom. The number of para-hydroxylation sites is 1. The number of nitrogens with one attached hydrogen (secondary N) is 3. The summed E-state index contributed by atoms with van der Waals surface area (Å²) in [5.41, 5.74) is 1.53. The summed E-state index contributed by atoms with van der Waals surface area (Å²) < 4.78 is 28.7. The molecule has 0 aliphatic carbocycles. The van der Waals surface area contributed by atoms with Gasteiger partial charge in [0, 0.05) is 12.5 Å². The third-order valence-electron chi connectivity index (χ3n) is 6.96. The molecule has 7 nitrogen and oxygen atoms in total. The van der Waals surface area contributed by atoms with Gasteiger partial charge in [-0.25, -0.2) is 8.78 Å². The van der Waals surface area contributed by atoms with E-state index in [2.05, 4.69) is 16.0 Å². The lowest BCUT2D eigenvalue weighted by molar-refractivity contribution is -0.142. The summed E-state index contributed by atoms with van der Waals surface area (Å²) in [7, 11) is 1.64. The molecule has 3 amide bonds. The van der Waals surface area contributed by atoms with Gasteiger partial charge in [-0.2, -0.15) is 0 Å². The first-order valence-electron chi connectivity index (χ1n) is 12.4. The number of halogens is 3. The lowest BCUT2D eigenvalue weighted by atomic mass is 9.91. The van der Waals surface area contributed by atoms with Gasteiger partial charge >= 0.3 is 0 Å². The second-order valence-electron chi connectivity index (χ2n) is 9.35. The van der Waals surface area contributed by atoms with Crippen molar-refractivity contribution >= 4 is 35.8 Å². The topological polar surface area (TPSA) is 90.5 Å². The molecule has 0 saturated heterocycles. The molecule has 1 aliphatic heterocycles. The van der Waals surface area contributed by atoms with Crippen molar-refractivity contribution < 1.29 is 23.2 Å². The molecule has 1 heterocycles. The minimum absolute atomic E-state index is 0. The monoisotopic (exact) mass is 556 g/mol. The van der Waals surface area contributed by atoms with Gasteiger partial charge in [-0.1, -0.05) is 67.6 Å². The van der Waals surface area contributed by atoms with E-state index in [0.29, 0.717) is 5.56 Å². The Balaban J connectivity index is 0.00000420. The fourth-order valence-corrected chi connectivity index (χ4v) is 4.62. The van der Waals surface area contributed by atoms with Crippen LogP contribution in [0.4, 0.5) is 14.5 Å². The predicted octanol–water partition coefficient (Wildman–Crippen LogP) is 4.31. The molecule has 4 rings (SSSR count). The Bertz CT molecular complexity index is 1320. The maximum atomic E-state index is 14.3. The van der Waals surface area contributed by atoms with E-state index in [-0.39, 0.29) is 24.9 Å². The second-order valence-corrected chi connectivity index (χ2v) is 9.35. The SMILES string of the molecule is CN[C@@H](C)C(=O)N[C@H](C(=O)N1Cc2ccccc2C1C(=O)Nc1c(F)cccc1F)[C@@H](C)c1ccccc1.Cl. The number of nitrogens with zero attached hydrogens (tertiary/aromatic N) is 1. The number of likely N-dealkylation sites (N-methyl/N-ethyl adjacent to an activating group) is 1. The molecule has 39 heavy (non-hydrogen) atoms. The summed E-state index contributed by atoms with van der Waals surface area (Å²) in [4.78, 5) is 41.9. The molecule has 0 spiro atoms. The van der Waals surface area contributed by atoms with Crippen molar-refractivity contribution in [1.82, 2.24) is 15.5 Å². The van der Waals surface area contributed by atoms with E-state index in [4.69, 9.17) is 0 Å². The molecule has 1 aliphatic rings. The van der Waals surface area contributed by atoms with Crippen molar-refractivity contribution in [3.63, 3.8) is 0 Å². The van der Waals surface area contributed by atoms with E-state index in [1.54, 1.807) is 38.2 Å². The standard InChI is InChI=1S/C29H30F2N4O3.ClH/c1-17(19-10-5-4-6-11-19)24(33-27(36)18(2)32-3)29(38)35-16-20-12-7-8-13-21(20)26(35)28(37)34-25-22(30)14-9-15-23(25)31;/h4-15,17-18,24,26,32H,16H2,1-3H3,(H,33,36)(H,34,37);1H/t17-,18-,24-,26?;/m0./s1. The van der Waals surface area contributed by atoms with Crippen LogP contribution in [0.25, 0.3) is 0 Å². The van der Waals surface area contributed by atoms with Crippen molar-refractivity contribution in [1.29, 1.82) is 0 Å². The molecule has 0 radical (unpaired) electrons. The van der Waals surface area contributed by atoms with Gasteiger partial charge in [-0.3, -0.25) is 14.4 Å². The van der Waals surface area contributed by atoms with Crippen molar-refractivity contribution in [2.75, 3.05) is 12.4 Å². The second kappa shape index (κ2) is 12.8. The summed E-state index contributed by atoms with van der Waals surface area (Å²) in [5, 5.41) is 8.05. The number of amides is 3. The van der Waals surface area contributed by atoms with Crippen molar-refractivity contribution in [2.24, 2.45) is 0 Å². The Morgan fingerprint density at radius 3 is 2.15 bits per heavy atom. The van der Waals surface area contributed by atoms with Crippen molar-refractivity contribution in [3.05, 3.63) is 101 Å². The van der Waals surface area contributed by atoms with Crippen LogP contribution < -0.4 is 16.0 Å². The van der Waals surface area contributed by atoms with Crippen LogP contribution in [0.15, 0.2) is 72.8 Å². The van der Waals surface area contributed by atoms with Crippen LogP contribution in [0.1, 0.15) is 42.5 Å². The minimum atomic E-state index is -1.15. The highest BCUT2D eigenvalue weighted by Gasteiger charge is 2.43. The fourth-order valence-electron chi connectivity index (χ4n) is 4.62. The van der Waals surface area contributed by atoms with Crippen LogP contribution in [0, 0.1) is 11.6 Å². The number of fused-ring (bicyclic) bond motifs is 1. The summed E-state index contributed by atoms with van der Waals surface area (Å²) in [6, 6.07) is 16.9. The summed E-state index contributed by atoms with van der Waals surface area (Å²) >= 11 is 0. The average Bonchev–Trinajstić information content (AvgIpc) is 3.32. The number of hydrogen-bond acceptors (Lipinski definition) is 4. The average molecular weight is 557 g/mol.